The highest BCUT2D eigenvalue weighted by Gasteiger charge is 2.18. The van der Waals surface area contributed by atoms with Crippen LogP contribution in [0.1, 0.15) is 0 Å². The molecule has 2 aliphatic rings. The van der Waals surface area contributed by atoms with E-state index in [1.54, 1.807) is 0 Å². The third kappa shape index (κ3) is 4.11. The van der Waals surface area contributed by atoms with Gasteiger partial charge in [-0.05, 0) is 48.5 Å². The Bertz CT molecular complexity index is 1150. The average molecular weight is 442 g/mol. The lowest BCUT2D eigenvalue weighted by Gasteiger charge is -2.25. The second-order valence-corrected chi connectivity index (χ2v) is 9.65. The second-order valence-electron chi connectivity index (χ2n) is 7.49. The first kappa shape index (κ1) is 19.9. The Hall–Kier alpha value is -3.02. The molecular weight excluding hydrogens is 418 g/mol. The first-order valence-electron chi connectivity index (χ1n) is 10.2. The Morgan fingerprint density at radius 2 is 0.968 bits per heavy atom. The summed E-state index contributed by atoms with van der Waals surface area (Å²) >= 11 is 3.64. The van der Waals surface area contributed by atoms with E-state index in [0.29, 0.717) is 0 Å². The molecular formula is C26H23N3S2. The van der Waals surface area contributed by atoms with Gasteiger partial charge in [0.25, 0.3) is 0 Å². The van der Waals surface area contributed by atoms with Gasteiger partial charge in [0.1, 0.15) is 0 Å². The van der Waals surface area contributed by atoms with Crippen LogP contribution in [0.4, 0.5) is 28.4 Å². The fourth-order valence-electron chi connectivity index (χ4n) is 3.60. The van der Waals surface area contributed by atoms with Gasteiger partial charge < -0.3 is 15.5 Å². The number of fused-ring (bicyclic) bond motifs is 4. The highest BCUT2D eigenvalue weighted by Crippen LogP contribution is 2.47. The molecule has 0 atom stereocenters. The highest BCUT2D eigenvalue weighted by atomic mass is 32.2. The fraction of sp³-hybridized carbons (Fsp3) is 0.0769. The first-order chi connectivity index (χ1) is 15.2. The van der Waals surface area contributed by atoms with Gasteiger partial charge in [0.05, 0.1) is 28.4 Å². The standard InChI is InChI=1S/C14H14N2S.C12H9NS/c1-16(2)11-7-5-9-13-14(11)15-10-6-3-4-8-12(10)17-13;1-3-7-11-9(5-1)13-10-6-2-4-8-12(10)14-11/h3-9,15H,1-2H3;1-8,13H. The van der Waals surface area contributed by atoms with E-state index in [-0.39, 0.29) is 0 Å². The minimum absolute atomic E-state index is 1.19. The number of nitrogens with zero attached hydrogens (tertiary/aromatic N) is 1. The maximum absolute atomic E-state index is 3.53. The smallest absolute Gasteiger partial charge is 0.0763 e. The summed E-state index contributed by atoms with van der Waals surface area (Å²) in [6, 6.07) is 31.6. The molecule has 0 aliphatic carbocycles. The normalized spacial score (nSPS) is 12.5. The van der Waals surface area contributed by atoms with Crippen molar-refractivity contribution in [1.82, 2.24) is 0 Å². The molecule has 2 heterocycles. The Morgan fingerprint density at radius 1 is 0.516 bits per heavy atom. The van der Waals surface area contributed by atoms with Gasteiger partial charge in [-0.15, -0.1) is 0 Å². The van der Waals surface area contributed by atoms with Crippen molar-refractivity contribution in [1.29, 1.82) is 0 Å². The molecule has 3 nitrogen and oxygen atoms in total. The van der Waals surface area contributed by atoms with Crippen LogP contribution < -0.4 is 15.5 Å². The largest absolute Gasteiger partial charge is 0.376 e. The van der Waals surface area contributed by atoms with E-state index in [2.05, 4.69) is 121 Å². The minimum Gasteiger partial charge on any atom is -0.376 e. The van der Waals surface area contributed by atoms with Crippen molar-refractivity contribution in [3.63, 3.8) is 0 Å². The third-order valence-corrected chi connectivity index (χ3v) is 7.40. The van der Waals surface area contributed by atoms with E-state index >= 15 is 0 Å². The molecule has 0 unspecified atom stereocenters. The van der Waals surface area contributed by atoms with Gasteiger partial charge in [0, 0.05) is 33.7 Å². The molecule has 0 radical (unpaired) electrons. The number of nitrogens with one attached hydrogen (secondary N) is 2. The Balaban J connectivity index is 0.000000134. The maximum atomic E-state index is 3.53. The van der Waals surface area contributed by atoms with Crippen LogP contribution in [-0.2, 0) is 0 Å². The lowest BCUT2D eigenvalue weighted by atomic mass is 10.2. The van der Waals surface area contributed by atoms with Gasteiger partial charge in [0.2, 0.25) is 0 Å². The molecule has 4 aromatic rings. The van der Waals surface area contributed by atoms with Gasteiger partial charge in [-0.25, -0.2) is 0 Å². The zero-order valence-electron chi connectivity index (χ0n) is 17.4. The molecule has 0 spiro atoms. The zero-order chi connectivity index (χ0) is 21.2. The summed E-state index contributed by atoms with van der Waals surface area (Å²) in [5.41, 5.74) is 6.04. The van der Waals surface area contributed by atoms with Crippen LogP contribution >= 0.6 is 23.5 Å². The topological polar surface area (TPSA) is 27.3 Å². The molecule has 0 saturated carbocycles. The summed E-state index contributed by atoms with van der Waals surface area (Å²) in [6.07, 6.45) is 0. The minimum atomic E-state index is 1.19. The molecule has 6 rings (SSSR count). The van der Waals surface area contributed by atoms with Crippen molar-refractivity contribution in [3.05, 3.63) is 91.0 Å². The van der Waals surface area contributed by atoms with Crippen molar-refractivity contribution < 1.29 is 0 Å². The lowest BCUT2D eigenvalue weighted by Crippen LogP contribution is -2.12. The van der Waals surface area contributed by atoms with E-state index in [1.165, 1.54) is 48.0 Å². The monoisotopic (exact) mass is 441 g/mol. The van der Waals surface area contributed by atoms with Crippen molar-refractivity contribution in [3.8, 4) is 0 Å². The van der Waals surface area contributed by atoms with Gasteiger partial charge in [-0.1, -0.05) is 66.0 Å². The Kier molecular flexibility index (Phi) is 5.53. The second kappa shape index (κ2) is 8.61. The van der Waals surface area contributed by atoms with Crippen molar-refractivity contribution in [2.24, 2.45) is 0 Å². The van der Waals surface area contributed by atoms with Gasteiger partial charge >= 0.3 is 0 Å². The molecule has 0 bridgehead atoms. The van der Waals surface area contributed by atoms with Crippen LogP contribution in [0.25, 0.3) is 0 Å². The number of hydrogen-bond donors (Lipinski definition) is 2. The van der Waals surface area contributed by atoms with E-state index in [4.69, 9.17) is 0 Å². The van der Waals surface area contributed by atoms with Crippen LogP contribution in [-0.4, -0.2) is 14.1 Å². The van der Waals surface area contributed by atoms with E-state index < -0.39 is 0 Å². The predicted molar refractivity (Wildman–Crippen MR) is 135 cm³/mol. The first-order valence-corrected chi connectivity index (χ1v) is 11.8. The number of rotatable bonds is 1. The molecule has 0 fully saturated rings. The third-order valence-electron chi connectivity index (χ3n) is 5.12. The van der Waals surface area contributed by atoms with Crippen molar-refractivity contribution in [2.45, 2.75) is 19.6 Å². The molecule has 154 valence electrons. The van der Waals surface area contributed by atoms with Crippen LogP contribution in [0.3, 0.4) is 0 Å². The van der Waals surface area contributed by atoms with E-state index in [0.717, 1.165) is 0 Å². The maximum Gasteiger partial charge on any atom is 0.0763 e. The molecule has 4 aromatic carbocycles. The van der Waals surface area contributed by atoms with Gasteiger partial charge in [0.15, 0.2) is 0 Å². The molecule has 0 aromatic heterocycles. The van der Waals surface area contributed by atoms with Crippen molar-refractivity contribution in [2.75, 3.05) is 29.6 Å². The molecule has 31 heavy (non-hydrogen) atoms. The zero-order valence-corrected chi connectivity index (χ0v) is 19.1. The number of para-hydroxylation sites is 4. The number of hydrogen-bond acceptors (Lipinski definition) is 5. The quantitative estimate of drug-likeness (QED) is 0.271. The van der Waals surface area contributed by atoms with E-state index in [9.17, 15) is 0 Å². The molecule has 2 aliphatic heterocycles. The summed E-state index contributed by atoms with van der Waals surface area (Å²) in [4.78, 5) is 7.31. The predicted octanol–water partition coefficient (Wildman–Crippen LogP) is 7.86. The van der Waals surface area contributed by atoms with Crippen LogP contribution in [0.2, 0.25) is 0 Å². The van der Waals surface area contributed by atoms with Crippen LogP contribution in [0.15, 0.2) is 111 Å². The summed E-state index contributed by atoms with van der Waals surface area (Å²) in [5.74, 6) is 0. The van der Waals surface area contributed by atoms with Crippen LogP contribution in [0.5, 0.6) is 0 Å². The number of anilines is 5. The SMILES string of the molecule is CN(C)c1cccc2c1Nc1ccccc1S2.c1ccc2c(c1)Nc1ccccc1S2. The summed E-state index contributed by atoms with van der Waals surface area (Å²) in [6.45, 7) is 0. The highest BCUT2D eigenvalue weighted by molar-refractivity contribution is 8.00. The molecule has 5 heteroatoms. The molecule has 0 amide bonds. The lowest BCUT2D eigenvalue weighted by molar-refractivity contribution is 1.12. The van der Waals surface area contributed by atoms with Gasteiger partial charge in [-0.2, -0.15) is 0 Å². The van der Waals surface area contributed by atoms with Crippen LogP contribution in [0, 0.1) is 0 Å². The average Bonchev–Trinajstić information content (AvgIpc) is 2.81. The summed E-state index contributed by atoms with van der Waals surface area (Å²) < 4.78 is 0. The molecule has 2 N–H and O–H groups in total. The van der Waals surface area contributed by atoms with Crippen molar-refractivity contribution >= 4 is 52.0 Å². The van der Waals surface area contributed by atoms with E-state index in [1.807, 2.05) is 23.5 Å². The Labute approximate surface area is 191 Å². The number of benzene rings is 4. The van der Waals surface area contributed by atoms with Gasteiger partial charge in [-0.3, -0.25) is 0 Å². The molecule has 0 saturated heterocycles. The summed E-state index contributed by atoms with van der Waals surface area (Å²) in [7, 11) is 4.14. The Morgan fingerprint density at radius 3 is 1.52 bits per heavy atom. The summed E-state index contributed by atoms with van der Waals surface area (Å²) in [5, 5.41) is 6.95. The fourth-order valence-corrected chi connectivity index (χ4v) is 5.60.